The summed E-state index contributed by atoms with van der Waals surface area (Å²) in [6.07, 6.45) is 3.97. The molecule has 0 N–H and O–H groups in total. The Morgan fingerprint density at radius 1 is 1.00 bits per heavy atom. The molecule has 2 aromatic rings. The molecule has 3 rings (SSSR count). The average molecular weight is 352 g/mol. The first-order valence-corrected chi connectivity index (χ1v) is 9.35. The molecule has 0 saturated heterocycles. The Kier molecular flexibility index (Phi) is 6.29. The van der Waals surface area contributed by atoms with Crippen molar-refractivity contribution in [2.24, 2.45) is 4.99 Å². The van der Waals surface area contributed by atoms with Gasteiger partial charge in [-0.05, 0) is 56.1 Å². The van der Waals surface area contributed by atoms with Gasteiger partial charge in [0.15, 0.2) is 0 Å². The Labute approximate surface area is 153 Å². The first kappa shape index (κ1) is 18.5. The smallest absolute Gasteiger partial charge is 0.274 e. The standard InChI is InChI=1S/C22H25FN2O/c1-2-25(16-17-11-13-18(23)14-12-17)15-7-3-4-9-20-19-8-5-6-10-21(19)24-22(20)26/h5-6,8,10-14H,2-4,7,9,15-16H2,1H3. The predicted molar refractivity (Wildman–Crippen MR) is 101 cm³/mol. The van der Waals surface area contributed by atoms with Gasteiger partial charge in [0.2, 0.25) is 0 Å². The van der Waals surface area contributed by atoms with Crippen LogP contribution in [-0.2, 0) is 11.3 Å². The summed E-state index contributed by atoms with van der Waals surface area (Å²) in [6.45, 7) is 4.98. The second kappa shape index (κ2) is 8.86. The summed E-state index contributed by atoms with van der Waals surface area (Å²) >= 11 is 0. The van der Waals surface area contributed by atoms with Crippen LogP contribution in [0.4, 0.5) is 4.39 Å². The molecule has 1 heterocycles. The number of rotatable bonds is 9. The Hall–Kier alpha value is -2.33. The predicted octanol–water partition coefficient (Wildman–Crippen LogP) is 3.22. The molecule has 0 radical (unpaired) electrons. The third-order valence-electron chi connectivity index (χ3n) is 4.88. The van der Waals surface area contributed by atoms with E-state index in [0.717, 1.165) is 67.0 Å². The summed E-state index contributed by atoms with van der Waals surface area (Å²) in [7, 11) is 0. The van der Waals surface area contributed by atoms with Gasteiger partial charge in [-0.15, -0.1) is 0 Å². The molecule has 0 unspecified atom stereocenters. The van der Waals surface area contributed by atoms with E-state index >= 15 is 0 Å². The van der Waals surface area contributed by atoms with Crippen molar-refractivity contribution in [3.63, 3.8) is 0 Å². The molecular formula is C22H25FN2O. The Balaban J connectivity index is 1.44. The maximum absolute atomic E-state index is 13.0. The molecule has 0 fully saturated rings. The lowest BCUT2D eigenvalue weighted by atomic mass is 10.0. The second-order valence-corrected chi connectivity index (χ2v) is 6.72. The zero-order valence-electron chi connectivity index (χ0n) is 15.2. The number of nitrogens with zero attached hydrogens (tertiary/aromatic N) is 2. The summed E-state index contributed by atoms with van der Waals surface area (Å²) in [4.78, 5) is 18.5. The van der Waals surface area contributed by atoms with Gasteiger partial charge in [-0.1, -0.05) is 43.7 Å². The summed E-state index contributed by atoms with van der Waals surface area (Å²) in [5.74, 6) is -0.262. The van der Waals surface area contributed by atoms with Gasteiger partial charge in [0.1, 0.15) is 5.82 Å². The van der Waals surface area contributed by atoms with Crippen molar-refractivity contribution < 1.29 is 9.18 Å². The SMILES string of the molecule is CCN(CCCCCC1=c2ccccc2=NC1=O)Cc1ccc(F)cc1. The van der Waals surface area contributed by atoms with Gasteiger partial charge in [0, 0.05) is 17.3 Å². The summed E-state index contributed by atoms with van der Waals surface area (Å²) in [6, 6.07) is 14.5. The molecule has 0 spiro atoms. The first-order valence-electron chi connectivity index (χ1n) is 9.35. The van der Waals surface area contributed by atoms with Gasteiger partial charge in [-0.25, -0.2) is 9.38 Å². The van der Waals surface area contributed by atoms with E-state index in [9.17, 15) is 9.18 Å². The van der Waals surface area contributed by atoms with E-state index in [1.165, 1.54) is 12.1 Å². The van der Waals surface area contributed by atoms with Crippen molar-refractivity contribution in [2.75, 3.05) is 13.1 Å². The van der Waals surface area contributed by atoms with E-state index in [-0.39, 0.29) is 11.7 Å². The van der Waals surface area contributed by atoms with E-state index in [4.69, 9.17) is 0 Å². The Morgan fingerprint density at radius 3 is 2.54 bits per heavy atom. The van der Waals surface area contributed by atoms with Gasteiger partial charge in [-0.2, -0.15) is 0 Å². The van der Waals surface area contributed by atoms with Crippen molar-refractivity contribution in [2.45, 2.75) is 39.2 Å². The Bertz CT molecular complexity index is 874. The topological polar surface area (TPSA) is 32.7 Å². The highest BCUT2D eigenvalue weighted by molar-refractivity contribution is 6.15. The number of para-hydroxylation sites is 1. The minimum absolute atomic E-state index is 0.0716. The monoisotopic (exact) mass is 352 g/mol. The molecule has 26 heavy (non-hydrogen) atoms. The third kappa shape index (κ3) is 4.64. The highest BCUT2D eigenvalue weighted by Gasteiger charge is 2.15. The zero-order valence-corrected chi connectivity index (χ0v) is 15.2. The van der Waals surface area contributed by atoms with E-state index in [1.807, 2.05) is 36.4 Å². The van der Waals surface area contributed by atoms with Crippen LogP contribution in [0.3, 0.4) is 0 Å². The second-order valence-electron chi connectivity index (χ2n) is 6.72. The van der Waals surface area contributed by atoms with Gasteiger partial charge in [0.05, 0.1) is 5.36 Å². The quantitative estimate of drug-likeness (QED) is 0.649. The van der Waals surface area contributed by atoms with E-state index < -0.39 is 0 Å². The number of hydrogen-bond donors (Lipinski definition) is 0. The highest BCUT2D eigenvalue weighted by atomic mass is 19.1. The number of amides is 1. The number of carbonyl (C=O) groups is 1. The molecule has 0 aromatic heterocycles. The lowest BCUT2D eigenvalue weighted by Gasteiger charge is -2.20. The van der Waals surface area contributed by atoms with Crippen LogP contribution in [0.2, 0.25) is 0 Å². The van der Waals surface area contributed by atoms with E-state index in [2.05, 4.69) is 16.8 Å². The third-order valence-corrected chi connectivity index (χ3v) is 4.88. The van der Waals surface area contributed by atoms with Crippen LogP contribution in [0.25, 0.3) is 5.57 Å². The fourth-order valence-electron chi connectivity index (χ4n) is 3.37. The van der Waals surface area contributed by atoms with E-state index in [1.54, 1.807) is 0 Å². The number of halogens is 1. The molecule has 0 bridgehead atoms. The number of fused-ring (bicyclic) bond motifs is 1. The molecule has 1 amide bonds. The fraction of sp³-hybridized carbons (Fsp3) is 0.364. The molecule has 1 aliphatic heterocycles. The van der Waals surface area contributed by atoms with Gasteiger partial charge in [0.25, 0.3) is 5.91 Å². The fourth-order valence-corrected chi connectivity index (χ4v) is 3.37. The molecule has 2 aromatic carbocycles. The summed E-state index contributed by atoms with van der Waals surface area (Å²) in [5, 5.41) is 1.81. The lowest BCUT2D eigenvalue weighted by molar-refractivity contribution is -0.112. The highest BCUT2D eigenvalue weighted by Crippen LogP contribution is 2.13. The van der Waals surface area contributed by atoms with Crippen molar-refractivity contribution in [1.29, 1.82) is 0 Å². The molecule has 136 valence electrons. The lowest BCUT2D eigenvalue weighted by Crippen LogP contribution is -2.24. The zero-order chi connectivity index (χ0) is 18.4. The summed E-state index contributed by atoms with van der Waals surface area (Å²) < 4.78 is 13.0. The maximum Gasteiger partial charge on any atom is 0.274 e. The molecule has 0 aliphatic carbocycles. The van der Waals surface area contributed by atoms with Gasteiger partial charge in [-0.3, -0.25) is 9.69 Å². The van der Waals surface area contributed by atoms with Crippen LogP contribution in [0.5, 0.6) is 0 Å². The van der Waals surface area contributed by atoms with Crippen LogP contribution >= 0.6 is 0 Å². The maximum atomic E-state index is 13.0. The molecule has 4 heteroatoms. The van der Waals surface area contributed by atoms with Gasteiger partial charge < -0.3 is 0 Å². The minimum atomic E-state index is -0.191. The molecule has 1 aliphatic rings. The summed E-state index contributed by atoms with van der Waals surface area (Å²) in [5.41, 5.74) is 2.00. The number of hydrogen-bond acceptors (Lipinski definition) is 2. The van der Waals surface area contributed by atoms with Crippen LogP contribution < -0.4 is 10.6 Å². The minimum Gasteiger partial charge on any atom is -0.299 e. The Morgan fingerprint density at radius 2 is 1.77 bits per heavy atom. The van der Waals surface area contributed by atoms with E-state index in [0.29, 0.717) is 0 Å². The largest absolute Gasteiger partial charge is 0.299 e. The molecule has 3 nitrogen and oxygen atoms in total. The van der Waals surface area contributed by atoms with Crippen LogP contribution in [0.15, 0.2) is 53.5 Å². The van der Waals surface area contributed by atoms with Crippen molar-refractivity contribution in [1.82, 2.24) is 4.90 Å². The van der Waals surface area contributed by atoms with Crippen LogP contribution in [0, 0.1) is 5.82 Å². The normalized spacial score (nSPS) is 13.2. The molecule has 0 saturated carbocycles. The van der Waals surface area contributed by atoms with Crippen LogP contribution in [-0.4, -0.2) is 23.9 Å². The molecular weight excluding hydrogens is 327 g/mol. The number of benzene rings is 2. The van der Waals surface area contributed by atoms with Crippen molar-refractivity contribution >= 4 is 11.5 Å². The average Bonchev–Trinajstić information content (AvgIpc) is 2.97. The van der Waals surface area contributed by atoms with Crippen molar-refractivity contribution in [3.05, 3.63) is 70.5 Å². The van der Waals surface area contributed by atoms with Gasteiger partial charge >= 0.3 is 0 Å². The number of unbranched alkanes of at least 4 members (excludes halogenated alkanes) is 2. The van der Waals surface area contributed by atoms with Crippen molar-refractivity contribution in [3.8, 4) is 0 Å². The molecule has 0 atom stereocenters. The van der Waals surface area contributed by atoms with Crippen LogP contribution in [0.1, 0.15) is 38.2 Å². The number of carbonyl (C=O) groups excluding carboxylic acids is 1. The first-order chi connectivity index (χ1) is 12.7.